The number of carboxylic acids is 1. The zero-order chi connectivity index (χ0) is 14.0. The monoisotopic (exact) mass is 316 g/mol. The molecule has 0 saturated carbocycles. The number of aromatic nitrogens is 1. The van der Waals surface area contributed by atoms with Crippen molar-refractivity contribution in [2.75, 3.05) is 5.32 Å². The molecule has 0 aromatic carbocycles. The van der Waals surface area contributed by atoms with E-state index in [2.05, 4.69) is 10.3 Å². The van der Waals surface area contributed by atoms with Crippen molar-refractivity contribution in [1.29, 1.82) is 0 Å². The molecule has 2 heterocycles. The second-order valence-corrected chi connectivity index (χ2v) is 5.10. The number of halogens is 2. The SMILES string of the molecule is O=C(Nc1ccsc1C(=O)O)c1nc(Cl)ccc1Cl. The van der Waals surface area contributed by atoms with E-state index in [1.54, 1.807) is 5.38 Å². The number of nitrogens with zero attached hydrogens (tertiary/aromatic N) is 1. The summed E-state index contributed by atoms with van der Waals surface area (Å²) in [4.78, 5) is 26.7. The zero-order valence-electron chi connectivity index (χ0n) is 9.18. The summed E-state index contributed by atoms with van der Waals surface area (Å²) in [7, 11) is 0. The number of hydrogen-bond donors (Lipinski definition) is 2. The first-order chi connectivity index (χ1) is 8.99. The van der Waals surface area contributed by atoms with Crippen molar-refractivity contribution in [2.45, 2.75) is 0 Å². The van der Waals surface area contributed by atoms with Gasteiger partial charge in [-0.1, -0.05) is 23.2 Å². The van der Waals surface area contributed by atoms with Crippen LogP contribution in [-0.2, 0) is 0 Å². The van der Waals surface area contributed by atoms with Gasteiger partial charge in [0.2, 0.25) is 0 Å². The van der Waals surface area contributed by atoms with Gasteiger partial charge in [-0.15, -0.1) is 11.3 Å². The van der Waals surface area contributed by atoms with E-state index in [-0.39, 0.29) is 26.4 Å². The molecular weight excluding hydrogens is 311 g/mol. The second kappa shape index (κ2) is 5.56. The topological polar surface area (TPSA) is 79.3 Å². The predicted molar refractivity (Wildman–Crippen MR) is 73.5 cm³/mol. The quantitative estimate of drug-likeness (QED) is 0.850. The Bertz CT molecular complexity index is 657. The fourth-order valence-corrected chi connectivity index (χ4v) is 2.36. The van der Waals surface area contributed by atoms with E-state index in [0.717, 1.165) is 11.3 Å². The number of nitrogens with one attached hydrogen (secondary N) is 1. The molecule has 0 saturated heterocycles. The minimum absolute atomic E-state index is 0.0338. The number of aromatic carboxylic acids is 1. The lowest BCUT2D eigenvalue weighted by molar-refractivity contribution is 0.0703. The average molecular weight is 317 g/mol. The summed E-state index contributed by atoms with van der Waals surface area (Å²) in [5.74, 6) is -1.73. The fraction of sp³-hybridized carbons (Fsp3) is 0. The molecule has 2 rings (SSSR count). The van der Waals surface area contributed by atoms with Crippen molar-refractivity contribution >= 4 is 52.1 Å². The van der Waals surface area contributed by atoms with Crippen LogP contribution >= 0.6 is 34.5 Å². The number of thiophene rings is 1. The van der Waals surface area contributed by atoms with Crippen LogP contribution in [0.4, 0.5) is 5.69 Å². The highest BCUT2D eigenvalue weighted by Crippen LogP contribution is 2.24. The van der Waals surface area contributed by atoms with Gasteiger partial charge in [0, 0.05) is 0 Å². The van der Waals surface area contributed by atoms with E-state index in [9.17, 15) is 9.59 Å². The maximum Gasteiger partial charge on any atom is 0.348 e. The summed E-state index contributed by atoms with van der Waals surface area (Å²) >= 11 is 12.5. The molecule has 0 bridgehead atoms. The number of carbonyl (C=O) groups excluding carboxylic acids is 1. The number of pyridine rings is 1. The normalized spacial score (nSPS) is 10.2. The Kier molecular flexibility index (Phi) is 4.04. The number of anilines is 1. The largest absolute Gasteiger partial charge is 0.477 e. The lowest BCUT2D eigenvalue weighted by Crippen LogP contribution is -2.15. The van der Waals surface area contributed by atoms with Crippen molar-refractivity contribution in [2.24, 2.45) is 0 Å². The molecule has 0 radical (unpaired) electrons. The van der Waals surface area contributed by atoms with Crippen molar-refractivity contribution in [3.63, 3.8) is 0 Å². The van der Waals surface area contributed by atoms with Gasteiger partial charge in [-0.3, -0.25) is 4.79 Å². The van der Waals surface area contributed by atoms with Crippen LogP contribution in [0.25, 0.3) is 0 Å². The minimum atomic E-state index is -1.12. The van der Waals surface area contributed by atoms with Crippen LogP contribution in [0.1, 0.15) is 20.2 Å². The Labute approximate surface area is 121 Å². The molecule has 0 unspecified atom stereocenters. The van der Waals surface area contributed by atoms with Gasteiger partial charge in [0.1, 0.15) is 15.7 Å². The second-order valence-electron chi connectivity index (χ2n) is 3.39. The molecular formula is C11H6Cl2N2O3S. The molecule has 5 nitrogen and oxygen atoms in total. The zero-order valence-corrected chi connectivity index (χ0v) is 11.5. The Hall–Kier alpha value is -1.63. The minimum Gasteiger partial charge on any atom is -0.477 e. The van der Waals surface area contributed by atoms with Crippen molar-refractivity contribution < 1.29 is 14.7 Å². The Morgan fingerprint density at radius 2 is 2.00 bits per heavy atom. The van der Waals surface area contributed by atoms with Crippen molar-refractivity contribution in [3.05, 3.63) is 44.3 Å². The van der Waals surface area contributed by atoms with E-state index < -0.39 is 11.9 Å². The van der Waals surface area contributed by atoms with Crippen LogP contribution in [0, 0.1) is 0 Å². The first-order valence-electron chi connectivity index (χ1n) is 4.93. The van der Waals surface area contributed by atoms with Gasteiger partial charge >= 0.3 is 5.97 Å². The summed E-state index contributed by atoms with van der Waals surface area (Å²) in [6.45, 7) is 0. The maximum absolute atomic E-state index is 12.0. The smallest absolute Gasteiger partial charge is 0.348 e. The predicted octanol–water partition coefficient (Wildman–Crippen LogP) is 3.40. The molecule has 2 aromatic rings. The Balaban J connectivity index is 2.28. The first kappa shape index (κ1) is 13.8. The first-order valence-corrected chi connectivity index (χ1v) is 6.57. The highest BCUT2D eigenvalue weighted by molar-refractivity contribution is 7.12. The molecule has 0 atom stereocenters. The van der Waals surface area contributed by atoms with Crippen LogP contribution in [0.15, 0.2) is 23.6 Å². The number of amides is 1. The number of carbonyl (C=O) groups is 2. The highest BCUT2D eigenvalue weighted by atomic mass is 35.5. The van der Waals surface area contributed by atoms with Crippen LogP contribution in [0.3, 0.4) is 0 Å². The molecule has 8 heteroatoms. The van der Waals surface area contributed by atoms with Gasteiger partial charge in [0.05, 0.1) is 10.7 Å². The maximum atomic E-state index is 12.0. The van der Waals surface area contributed by atoms with Gasteiger partial charge in [-0.05, 0) is 23.6 Å². The molecule has 2 N–H and O–H groups in total. The van der Waals surface area contributed by atoms with Crippen LogP contribution in [-0.4, -0.2) is 22.0 Å². The van der Waals surface area contributed by atoms with Gasteiger partial charge < -0.3 is 10.4 Å². The van der Waals surface area contributed by atoms with Crippen LogP contribution in [0.5, 0.6) is 0 Å². The third kappa shape index (κ3) is 3.04. The van der Waals surface area contributed by atoms with Crippen LogP contribution < -0.4 is 5.32 Å². The molecule has 2 aromatic heterocycles. The lowest BCUT2D eigenvalue weighted by atomic mass is 10.3. The Morgan fingerprint density at radius 3 is 2.68 bits per heavy atom. The standard InChI is InChI=1S/C11H6Cl2N2O3S/c12-5-1-2-7(13)15-8(5)10(16)14-6-3-4-19-9(6)11(17)18/h1-4H,(H,14,16)(H,17,18). The molecule has 0 aliphatic heterocycles. The van der Waals surface area contributed by atoms with E-state index in [1.165, 1.54) is 18.2 Å². The molecule has 0 aliphatic carbocycles. The molecule has 1 amide bonds. The number of hydrogen-bond acceptors (Lipinski definition) is 4. The van der Waals surface area contributed by atoms with Crippen LogP contribution in [0.2, 0.25) is 10.2 Å². The van der Waals surface area contributed by atoms with Gasteiger partial charge in [0.25, 0.3) is 5.91 Å². The van der Waals surface area contributed by atoms with Crippen molar-refractivity contribution in [3.8, 4) is 0 Å². The van der Waals surface area contributed by atoms with Gasteiger partial charge in [0.15, 0.2) is 0 Å². The number of carboxylic acid groups (broad SMARTS) is 1. The molecule has 0 aliphatic rings. The van der Waals surface area contributed by atoms with E-state index >= 15 is 0 Å². The van der Waals surface area contributed by atoms with E-state index in [4.69, 9.17) is 28.3 Å². The van der Waals surface area contributed by atoms with E-state index in [1.807, 2.05) is 0 Å². The highest BCUT2D eigenvalue weighted by Gasteiger charge is 2.17. The third-order valence-corrected chi connectivity index (χ3v) is 3.55. The van der Waals surface area contributed by atoms with E-state index in [0.29, 0.717) is 0 Å². The fourth-order valence-electron chi connectivity index (χ4n) is 1.33. The summed E-state index contributed by atoms with van der Waals surface area (Å²) in [6, 6.07) is 4.38. The summed E-state index contributed by atoms with van der Waals surface area (Å²) < 4.78 is 0. The summed E-state index contributed by atoms with van der Waals surface area (Å²) in [5, 5.41) is 13.2. The summed E-state index contributed by atoms with van der Waals surface area (Å²) in [6.07, 6.45) is 0. The average Bonchev–Trinajstić information content (AvgIpc) is 2.80. The molecule has 0 fully saturated rings. The molecule has 19 heavy (non-hydrogen) atoms. The molecule has 98 valence electrons. The Morgan fingerprint density at radius 1 is 1.26 bits per heavy atom. The van der Waals surface area contributed by atoms with Crippen molar-refractivity contribution in [1.82, 2.24) is 4.98 Å². The van der Waals surface area contributed by atoms with Gasteiger partial charge in [-0.25, -0.2) is 9.78 Å². The molecule has 0 spiro atoms. The third-order valence-electron chi connectivity index (χ3n) is 2.13. The lowest BCUT2D eigenvalue weighted by Gasteiger charge is -2.05. The summed E-state index contributed by atoms with van der Waals surface area (Å²) in [5.41, 5.74) is 0.136. The number of rotatable bonds is 3. The van der Waals surface area contributed by atoms with Gasteiger partial charge in [-0.2, -0.15) is 0 Å².